The van der Waals surface area contributed by atoms with Crippen molar-refractivity contribution in [2.45, 2.75) is 39.0 Å². The molecule has 0 unspecified atom stereocenters. The molecule has 0 atom stereocenters. The van der Waals surface area contributed by atoms with Gasteiger partial charge in [0, 0.05) is 0 Å². The highest BCUT2D eigenvalue weighted by atomic mass is 14.1. The van der Waals surface area contributed by atoms with E-state index in [2.05, 4.69) is 43.7 Å². The number of hydrogen-bond acceptors (Lipinski definition) is 0. The van der Waals surface area contributed by atoms with Gasteiger partial charge in [-0.15, -0.1) is 0 Å². The van der Waals surface area contributed by atoms with Gasteiger partial charge in [0.1, 0.15) is 0 Å². The number of allylic oxidation sites excluding steroid dienone is 2. The Kier molecular flexibility index (Phi) is 3.60. The van der Waals surface area contributed by atoms with Crippen molar-refractivity contribution in [3.8, 4) is 0 Å². The maximum absolute atomic E-state index is 2.43. The Balaban J connectivity index is 2.23. The summed E-state index contributed by atoms with van der Waals surface area (Å²) in [5.74, 6) is 0. The molecule has 0 amide bonds. The molecule has 0 nitrogen and oxygen atoms in total. The van der Waals surface area contributed by atoms with Crippen LogP contribution in [0.1, 0.15) is 50.2 Å². The molecule has 0 fully saturated rings. The number of benzene rings is 1. The van der Waals surface area contributed by atoms with Crippen molar-refractivity contribution in [3.05, 3.63) is 47.9 Å². The predicted octanol–water partition coefficient (Wildman–Crippen LogP) is 4.61. The van der Waals surface area contributed by atoms with Gasteiger partial charge in [0.2, 0.25) is 0 Å². The lowest BCUT2D eigenvalue weighted by molar-refractivity contribution is 0.720. The molecule has 0 aliphatic heterocycles. The van der Waals surface area contributed by atoms with Gasteiger partial charge < -0.3 is 0 Å². The zero-order chi connectivity index (χ0) is 10.5. The molecule has 1 aromatic carbocycles. The monoisotopic (exact) mass is 199 g/mol. The van der Waals surface area contributed by atoms with Crippen LogP contribution in [0.15, 0.2) is 30.3 Å². The second kappa shape index (κ2) is 5.16. The summed E-state index contributed by atoms with van der Waals surface area (Å²) in [6, 6.07) is 8.87. The van der Waals surface area contributed by atoms with Crippen molar-refractivity contribution in [1.29, 1.82) is 0 Å². The summed E-state index contributed by atoms with van der Waals surface area (Å²) in [6.45, 7) is 2.10. The molecule has 1 aliphatic carbocycles. The summed E-state index contributed by atoms with van der Waals surface area (Å²) in [4.78, 5) is 0. The molecule has 0 spiro atoms. The molecule has 0 N–H and O–H groups in total. The first-order valence-corrected chi connectivity index (χ1v) is 5.99. The van der Waals surface area contributed by atoms with Crippen molar-refractivity contribution in [2.75, 3.05) is 0 Å². The molecule has 0 saturated carbocycles. The van der Waals surface area contributed by atoms with Gasteiger partial charge in [-0.1, -0.05) is 43.7 Å². The van der Waals surface area contributed by atoms with Crippen LogP contribution >= 0.6 is 0 Å². The first-order valence-electron chi connectivity index (χ1n) is 5.99. The van der Waals surface area contributed by atoms with Crippen molar-refractivity contribution in [2.24, 2.45) is 0 Å². The maximum Gasteiger partial charge on any atom is -0.0124 e. The molecule has 0 aromatic heterocycles. The van der Waals surface area contributed by atoms with E-state index < -0.39 is 0 Å². The zero-order valence-corrected chi connectivity index (χ0v) is 9.50. The van der Waals surface area contributed by atoms with E-state index in [1.165, 1.54) is 43.2 Å². The molecule has 0 heterocycles. The van der Waals surface area contributed by atoms with Crippen LogP contribution in [0.4, 0.5) is 0 Å². The fourth-order valence-electron chi connectivity index (χ4n) is 2.20. The molecule has 2 rings (SSSR count). The molecule has 0 saturated heterocycles. The smallest absolute Gasteiger partial charge is 0.0124 e. The average Bonchev–Trinajstić information content (AvgIpc) is 2.58. The summed E-state index contributed by atoms with van der Waals surface area (Å²) >= 11 is 0. The summed E-state index contributed by atoms with van der Waals surface area (Å²) in [5, 5.41) is 0. The van der Waals surface area contributed by atoms with Gasteiger partial charge in [0.25, 0.3) is 0 Å². The Labute approximate surface area is 93.0 Å². The number of hydrogen-bond donors (Lipinski definition) is 0. The molecule has 79 valence electrons. The van der Waals surface area contributed by atoms with E-state index in [4.69, 9.17) is 0 Å². The molecule has 1 aromatic rings. The normalized spacial score (nSPS) is 17.0. The Morgan fingerprint density at radius 1 is 1.13 bits per heavy atom. The molecule has 0 heteroatoms. The van der Waals surface area contributed by atoms with Gasteiger partial charge in [-0.2, -0.15) is 0 Å². The van der Waals surface area contributed by atoms with E-state index in [0.717, 1.165) is 0 Å². The van der Waals surface area contributed by atoms with Gasteiger partial charge in [-0.25, -0.2) is 0 Å². The third-order valence-electron chi connectivity index (χ3n) is 3.13. The van der Waals surface area contributed by atoms with Gasteiger partial charge in [0.15, 0.2) is 0 Å². The molecule has 1 radical (unpaired) electrons. The summed E-state index contributed by atoms with van der Waals surface area (Å²) in [6.07, 6.45) is 11.2. The van der Waals surface area contributed by atoms with Gasteiger partial charge in [-0.3, -0.25) is 0 Å². The number of rotatable bonds is 2. The Bertz CT molecular complexity index is 347. The van der Waals surface area contributed by atoms with E-state index in [9.17, 15) is 0 Å². The van der Waals surface area contributed by atoms with Crippen molar-refractivity contribution in [3.63, 3.8) is 0 Å². The Morgan fingerprint density at radius 3 is 2.93 bits per heavy atom. The quantitative estimate of drug-likeness (QED) is 0.652. The lowest BCUT2D eigenvalue weighted by Gasteiger charge is -2.07. The van der Waals surface area contributed by atoms with Gasteiger partial charge in [0.05, 0.1) is 0 Å². The van der Waals surface area contributed by atoms with E-state index in [-0.39, 0.29) is 0 Å². The Hall–Kier alpha value is -1.04. The van der Waals surface area contributed by atoms with Gasteiger partial charge in [-0.05, 0) is 48.8 Å². The van der Waals surface area contributed by atoms with E-state index in [1.54, 1.807) is 5.57 Å². The van der Waals surface area contributed by atoms with E-state index >= 15 is 0 Å². The van der Waals surface area contributed by atoms with Crippen LogP contribution in [0, 0.1) is 6.42 Å². The third kappa shape index (κ3) is 2.71. The fraction of sp³-hybridized carbons (Fsp3) is 0.400. The van der Waals surface area contributed by atoms with Crippen LogP contribution in [-0.4, -0.2) is 0 Å². The van der Waals surface area contributed by atoms with Crippen LogP contribution in [0.5, 0.6) is 0 Å². The predicted molar refractivity (Wildman–Crippen MR) is 66.6 cm³/mol. The topological polar surface area (TPSA) is 0 Å². The minimum absolute atomic E-state index is 1.26. The van der Waals surface area contributed by atoms with E-state index in [1.807, 2.05) is 0 Å². The lowest BCUT2D eigenvalue weighted by atomic mass is 9.99. The largest absolute Gasteiger partial charge is 0.0807 e. The third-order valence-corrected chi connectivity index (χ3v) is 3.13. The molecule has 0 bridgehead atoms. The van der Waals surface area contributed by atoms with Gasteiger partial charge >= 0.3 is 0 Å². The summed E-state index contributed by atoms with van der Waals surface area (Å²) < 4.78 is 0. The fourth-order valence-corrected chi connectivity index (χ4v) is 2.20. The highest BCUT2D eigenvalue weighted by molar-refractivity contribution is 5.66. The van der Waals surface area contributed by atoms with Crippen LogP contribution in [0.25, 0.3) is 5.57 Å². The highest BCUT2D eigenvalue weighted by Crippen LogP contribution is 2.26. The molecule has 15 heavy (non-hydrogen) atoms. The SMILES string of the molecule is C[CH]c1cccc(C2=CCCCCC2)c1. The first-order chi connectivity index (χ1) is 7.40. The van der Waals surface area contributed by atoms with E-state index in [0.29, 0.717) is 0 Å². The minimum Gasteiger partial charge on any atom is -0.0807 e. The van der Waals surface area contributed by atoms with Crippen LogP contribution in [-0.2, 0) is 0 Å². The Morgan fingerprint density at radius 2 is 2.07 bits per heavy atom. The van der Waals surface area contributed by atoms with Crippen molar-refractivity contribution >= 4 is 5.57 Å². The lowest BCUT2D eigenvalue weighted by Crippen LogP contribution is -1.86. The summed E-state index contributed by atoms with van der Waals surface area (Å²) in [7, 11) is 0. The minimum atomic E-state index is 1.26. The maximum atomic E-state index is 2.43. The average molecular weight is 199 g/mol. The molecular formula is C15H19. The van der Waals surface area contributed by atoms with Crippen LogP contribution in [0.2, 0.25) is 0 Å². The zero-order valence-electron chi connectivity index (χ0n) is 9.50. The standard InChI is InChI=1S/C15H19/c1-2-13-8-7-11-15(12-13)14-9-5-3-4-6-10-14/h2,7-9,11-12H,3-6,10H2,1H3. The first kappa shape index (κ1) is 10.5. The van der Waals surface area contributed by atoms with Crippen molar-refractivity contribution in [1.82, 2.24) is 0 Å². The molecule has 1 aliphatic rings. The van der Waals surface area contributed by atoms with Crippen LogP contribution < -0.4 is 0 Å². The van der Waals surface area contributed by atoms with Crippen molar-refractivity contribution < 1.29 is 0 Å². The van der Waals surface area contributed by atoms with Crippen LogP contribution in [0.3, 0.4) is 0 Å². The molecular weight excluding hydrogens is 180 g/mol. The summed E-state index contributed by atoms with van der Waals surface area (Å²) in [5.41, 5.74) is 4.31. The highest BCUT2D eigenvalue weighted by Gasteiger charge is 2.05. The second-order valence-electron chi connectivity index (χ2n) is 4.24. The second-order valence-corrected chi connectivity index (χ2v) is 4.24.